The molecule has 1 amide bonds. The average molecular weight is 318 g/mol. The van der Waals surface area contributed by atoms with E-state index >= 15 is 0 Å². The van der Waals surface area contributed by atoms with Crippen LogP contribution in [0.2, 0.25) is 0 Å². The highest BCUT2D eigenvalue weighted by molar-refractivity contribution is 9.10. The summed E-state index contributed by atoms with van der Waals surface area (Å²) in [5.41, 5.74) is 1.20. The molecule has 92 valence electrons. The minimum absolute atomic E-state index is 0.0297. The van der Waals surface area contributed by atoms with Crippen molar-refractivity contribution in [2.24, 2.45) is 0 Å². The third-order valence-corrected chi connectivity index (χ3v) is 3.70. The van der Waals surface area contributed by atoms with Crippen LogP contribution in [0.4, 0.5) is 5.69 Å². The molecule has 1 fully saturated rings. The van der Waals surface area contributed by atoms with Gasteiger partial charge in [0.2, 0.25) is 5.91 Å². The van der Waals surface area contributed by atoms with Crippen molar-refractivity contribution >= 4 is 39.1 Å². The van der Waals surface area contributed by atoms with Crippen LogP contribution in [0, 0.1) is 0 Å². The second kappa shape index (κ2) is 5.74. The van der Waals surface area contributed by atoms with Crippen LogP contribution in [0.5, 0.6) is 0 Å². The van der Waals surface area contributed by atoms with E-state index < -0.39 is 0 Å². The van der Waals surface area contributed by atoms with E-state index in [2.05, 4.69) is 33.0 Å². The van der Waals surface area contributed by atoms with Crippen molar-refractivity contribution in [1.82, 2.24) is 4.90 Å². The second-order valence-corrected chi connectivity index (χ2v) is 5.16. The lowest BCUT2D eigenvalue weighted by atomic mass is 10.2. The Hall–Kier alpha value is -0.740. The number of hydrogen-bond acceptors (Lipinski definition) is 2. The van der Waals surface area contributed by atoms with Gasteiger partial charge >= 0.3 is 0 Å². The zero-order valence-electron chi connectivity index (χ0n) is 9.40. The molecule has 0 unspecified atom stereocenters. The van der Waals surface area contributed by atoms with Crippen molar-refractivity contribution in [3.05, 3.63) is 28.7 Å². The average Bonchev–Trinajstić information content (AvgIpc) is 2.39. The standard InChI is InChI=1S/C12H14BrClN2O/c13-10-1-3-11(4-2-10)15-5-7-16(8-6-15)12(17)9-14/h1-4H,5-9H2. The Morgan fingerprint density at radius 1 is 1.18 bits per heavy atom. The maximum absolute atomic E-state index is 11.4. The van der Waals surface area contributed by atoms with E-state index in [1.807, 2.05) is 17.0 Å². The van der Waals surface area contributed by atoms with E-state index in [0.717, 1.165) is 30.7 Å². The molecule has 0 spiro atoms. The van der Waals surface area contributed by atoms with Gasteiger partial charge in [0.1, 0.15) is 5.88 Å². The zero-order valence-corrected chi connectivity index (χ0v) is 11.7. The van der Waals surface area contributed by atoms with Gasteiger partial charge in [-0.05, 0) is 24.3 Å². The number of halogens is 2. The Morgan fingerprint density at radius 2 is 1.76 bits per heavy atom. The van der Waals surface area contributed by atoms with E-state index in [1.165, 1.54) is 5.69 Å². The molecule has 1 aromatic rings. The zero-order chi connectivity index (χ0) is 12.3. The lowest BCUT2D eigenvalue weighted by molar-refractivity contribution is -0.128. The predicted molar refractivity (Wildman–Crippen MR) is 73.7 cm³/mol. The molecule has 0 aromatic heterocycles. The van der Waals surface area contributed by atoms with Gasteiger partial charge in [-0.2, -0.15) is 0 Å². The van der Waals surface area contributed by atoms with Crippen LogP contribution in [0.3, 0.4) is 0 Å². The van der Waals surface area contributed by atoms with E-state index in [9.17, 15) is 4.79 Å². The summed E-state index contributed by atoms with van der Waals surface area (Å²) in [6.07, 6.45) is 0. The van der Waals surface area contributed by atoms with Crippen LogP contribution in [0.15, 0.2) is 28.7 Å². The minimum atomic E-state index is 0.0297. The summed E-state index contributed by atoms with van der Waals surface area (Å²) >= 11 is 8.97. The highest BCUT2D eigenvalue weighted by Crippen LogP contribution is 2.19. The molecule has 1 aromatic carbocycles. The Morgan fingerprint density at radius 3 is 2.29 bits per heavy atom. The SMILES string of the molecule is O=C(CCl)N1CCN(c2ccc(Br)cc2)CC1. The Balaban J connectivity index is 1.95. The van der Waals surface area contributed by atoms with E-state index in [4.69, 9.17) is 11.6 Å². The first-order chi connectivity index (χ1) is 8.20. The largest absolute Gasteiger partial charge is 0.368 e. The molecule has 17 heavy (non-hydrogen) atoms. The van der Waals surface area contributed by atoms with Crippen LogP contribution < -0.4 is 4.90 Å². The Labute approximate surface area is 114 Å². The topological polar surface area (TPSA) is 23.6 Å². The molecule has 0 saturated carbocycles. The summed E-state index contributed by atoms with van der Waals surface area (Å²) in [5, 5.41) is 0. The third-order valence-electron chi connectivity index (χ3n) is 2.94. The van der Waals surface area contributed by atoms with Gasteiger partial charge in [0.05, 0.1) is 0 Å². The molecule has 3 nitrogen and oxygen atoms in total. The maximum Gasteiger partial charge on any atom is 0.237 e. The van der Waals surface area contributed by atoms with Gasteiger partial charge < -0.3 is 9.80 Å². The molecule has 0 N–H and O–H groups in total. The smallest absolute Gasteiger partial charge is 0.237 e. The van der Waals surface area contributed by atoms with Crippen LogP contribution >= 0.6 is 27.5 Å². The van der Waals surface area contributed by atoms with Gasteiger partial charge in [-0.15, -0.1) is 11.6 Å². The van der Waals surface area contributed by atoms with Crippen molar-refractivity contribution in [3.63, 3.8) is 0 Å². The summed E-state index contributed by atoms with van der Waals surface area (Å²) in [7, 11) is 0. The lowest BCUT2D eigenvalue weighted by Gasteiger charge is -2.35. The highest BCUT2D eigenvalue weighted by Gasteiger charge is 2.20. The number of benzene rings is 1. The van der Waals surface area contributed by atoms with Gasteiger partial charge in [0.25, 0.3) is 0 Å². The molecule has 0 bridgehead atoms. The predicted octanol–water partition coefficient (Wildman–Crippen LogP) is 2.34. The molecule has 1 heterocycles. The first-order valence-corrected chi connectivity index (χ1v) is 6.87. The van der Waals surface area contributed by atoms with Crippen LogP contribution in [0.1, 0.15) is 0 Å². The molecule has 1 saturated heterocycles. The number of carbonyl (C=O) groups excluding carboxylic acids is 1. The highest BCUT2D eigenvalue weighted by atomic mass is 79.9. The molecule has 1 aliphatic heterocycles. The molecule has 0 radical (unpaired) electrons. The van der Waals surface area contributed by atoms with Gasteiger partial charge in [0.15, 0.2) is 0 Å². The summed E-state index contributed by atoms with van der Waals surface area (Å²) in [4.78, 5) is 15.5. The number of alkyl halides is 1. The maximum atomic E-state index is 11.4. The number of rotatable bonds is 2. The fraction of sp³-hybridized carbons (Fsp3) is 0.417. The van der Waals surface area contributed by atoms with E-state index in [-0.39, 0.29) is 11.8 Å². The van der Waals surface area contributed by atoms with Crippen molar-refractivity contribution < 1.29 is 4.79 Å². The van der Waals surface area contributed by atoms with Gasteiger partial charge in [0, 0.05) is 36.3 Å². The number of piperazine rings is 1. The monoisotopic (exact) mass is 316 g/mol. The Kier molecular flexibility index (Phi) is 4.29. The normalized spacial score (nSPS) is 16.1. The second-order valence-electron chi connectivity index (χ2n) is 3.98. The first-order valence-electron chi connectivity index (χ1n) is 5.55. The molecular weight excluding hydrogens is 304 g/mol. The summed E-state index contributed by atoms with van der Waals surface area (Å²) < 4.78 is 1.08. The van der Waals surface area contributed by atoms with Crippen molar-refractivity contribution in [1.29, 1.82) is 0 Å². The van der Waals surface area contributed by atoms with Crippen LogP contribution in [-0.4, -0.2) is 42.9 Å². The van der Waals surface area contributed by atoms with Gasteiger partial charge in [-0.25, -0.2) is 0 Å². The van der Waals surface area contributed by atoms with E-state index in [1.54, 1.807) is 0 Å². The van der Waals surface area contributed by atoms with Crippen molar-refractivity contribution in [2.45, 2.75) is 0 Å². The van der Waals surface area contributed by atoms with E-state index in [0.29, 0.717) is 0 Å². The van der Waals surface area contributed by atoms with Crippen molar-refractivity contribution in [2.75, 3.05) is 37.0 Å². The summed E-state index contributed by atoms with van der Waals surface area (Å²) in [6.45, 7) is 3.23. The molecule has 2 rings (SSSR count). The lowest BCUT2D eigenvalue weighted by Crippen LogP contribution is -2.49. The molecule has 1 aliphatic rings. The van der Waals surface area contributed by atoms with Crippen LogP contribution in [0.25, 0.3) is 0 Å². The molecule has 5 heteroatoms. The first kappa shape index (κ1) is 12.7. The molecular formula is C12H14BrClN2O. The minimum Gasteiger partial charge on any atom is -0.368 e. The fourth-order valence-corrected chi connectivity index (χ4v) is 2.38. The molecule has 0 aliphatic carbocycles. The summed E-state index contributed by atoms with van der Waals surface area (Å²) in [5.74, 6) is 0.111. The molecule has 0 atom stereocenters. The Bertz CT molecular complexity index is 388. The quantitative estimate of drug-likeness (QED) is 0.782. The van der Waals surface area contributed by atoms with Gasteiger partial charge in [-0.3, -0.25) is 4.79 Å². The summed E-state index contributed by atoms with van der Waals surface area (Å²) in [6, 6.07) is 8.24. The third kappa shape index (κ3) is 3.13. The fourth-order valence-electron chi connectivity index (χ4n) is 1.95. The number of hydrogen-bond donors (Lipinski definition) is 0. The number of anilines is 1. The number of amides is 1. The van der Waals surface area contributed by atoms with Crippen molar-refractivity contribution in [3.8, 4) is 0 Å². The van der Waals surface area contributed by atoms with Gasteiger partial charge in [-0.1, -0.05) is 15.9 Å². The number of nitrogens with zero attached hydrogens (tertiary/aromatic N) is 2. The number of carbonyl (C=O) groups is 1. The van der Waals surface area contributed by atoms with Crippen LogP contribution in [-0.2, 0) is 4.79 Å².